The molecule has 3 rings (SSSR count). The number of amides is 1. The van der Waals surface area contributed by atoms with Crippen LogP contribution >= 0.6 is 0 Å². The Bertz CT molecular complexity index is 489. The third-order valence-corrected chi connectivity index (χ3v) is 4.51. The molecule has 2 aliphatic rings. The Hall–Kier alpha value is -1.75. The third-order valence-electron chi connectivity index (χ3n) is 4.51. The van der Waals surface area contributed by atoms with Crippen LogP contribution < -0.4 is 10.6 Å². The molecule has 0 aromatic heterocycles. The van der Waals surface area contributed by atoms with Crippen molar-refractivity contribution in [3.63, 3.8) is 0 Å². The van der Waals surface area contributed by atoms with Gasteiger partial charge in [-0.05, 0) is 56.5 Å². The second-order valence-electron chi connectivity index (χ2n) is 5.89. The summed E-state index contributed by atoms with van der Waals surface area (Å²) in [7, 11) is 1.36. The maximum absolute atomic E-state index is 11.1. The highest BCUT2D eigenvalue weighted by Gasteiger charge is 2.31. The summed E-state index contributed by atoms with van der Waals surface area (Å²) in [5, 5.41) is 6.27. The first-order valence-corrected chi connectivity index (χ1v) is 7.70. The Labute approximate surface area is 125 Å². The summed E-state index contributed by atoms with van der Waals surface area (Å²) in [6.07, 6.45) is 4.70. The molecule has 2 aliphatic heterocycles. The van der Waals surface area contributed by atoms with Gasteiger partial charge in [-0.2, -0.15) is 0 Å². The van der Waals surface area contributed by atoms with Crippen molar-refractivity contribution in [2.24, 2.45) is 0 Å². The van der Waals surface area contributed by atoms with Gasteiger partial charge in [-0.25, -0.2) is 4.79 Å². The van der Waals surface area contributed by atoms with E-state index in [1.54, 1.807) is 0 Å². The van der Waals surface area contributed by atoms with Gasteiger partial charge in [0.05, 0.1) is 7.11 Å². The Morgan fingerprint density at radius 1 is 1.19 bits per heavy atom. The molecule has 0 bridgehead atoms. The van der Waals surface area contributed by atoms with Crippen LogP contribution in [0.1, 0.15) is 25.7 Å². The van der Waals surface area contributed by atoms with Crippen molar-refractivity contribution in [1.29, 1.82) is 0 Å². The van der Waals surface area contributed by atoms with Gasteiger partial charge >= 0.3 is 6.09 Å². The smallest absolute Gasteiger partial charge is 0.411 e. The topological polar surface area (TPSA) is 53.6 Å². The molecule has 2 heterocycles. The molecule has 2 N–H and O–H groups in total. The number of carbonyl (C=O) groups excluding carboxylic acids is 1. The maximum Gasteiger partial charge on any atom is 0.411 e. The van der Waals surface area contributed by atoms with Gasteiger partial charge < -0.3 is 15.0 Å². The summed E-state index contributed by atoms with van der Waals surface area (Å²) in [4.78, 5) is 13.8. The van der Waals surface area contributed by atoms with Crippen LogP contribution in [-0.2, 0) is 4.74 Å². The van der Waals surface area contributed by atoms with Crippen molar-refractivity contribution in [2.75, 3.05) is 30.8 Å². The Balaban J connectivity index is 1.54. The van der Waals surface area contributed by atoms with E-state index < -0.39 is 6.09 Å². The van der Waals surface area contributed by atoms with Crippen molar-refractivity contribution in [3.8, 4) is 0 Å². The number of hydrogen-bond acceptors (Lipinski definition) is 4. The molecule has 2 unspecified atom stereocenters. The van der Waals surface area contributed by atoms with Crippen LogP contribution in [0, 0.1) is 0 Å². The maximum atomic E-state index is 11.1. The number of hydrogen-bond donors (Lipinski definition) is 2. The molecular weight excluding hydrogens is 266 g/mol. The van der Waals surface area contributed by atoms with Crippen LogP contribution in [0.15, 0.2) is 24.3 Å². The van der Waals surface area contributed by atoms with Crippen LogP contribution in [0.25, 0.3) is 0 Å². The monoisotopic (exact) mass is 289 g/mol. The van der Waals surface area contributed by atoms with Crippen LogP contribution in [0.3, 0.4) is 0 Å². The highest BCUT2D eigenvalue weighted by molar-refractivity contribution is 5.84. The highest BCUT2D eigenvalue weighted by Crippen LogP contribution is 2.28. The molecule has 2 saturated heterocycles. The van der Waals surface area contributed by atoms with Gasteiger partial charge in [-0.3, -0.25) is 5.32 Å². The lowest BCUT2D eigenvalue weighted by Gasteiger charge is -2.35. The lowest BCUT2D eigenvalue weighted by molar-refractivity contribution is 0.187. The summed E-state index contributed by atoms with van der Waals surface area (Å²) in [5.74, 6) is 0. The molecular formula is C16H23N3O2. The van der Waals surface area contributed by atoms with Gasteiger partial charge in [0.25, 0.3) is 0 Å². The van der Waals surface area contributed by atoms with E-state index in [1.165, 1.54) is 45.9 Å². The molecule has 0 spiro atoms. The zero-order valence-electron chi connectivity index (χ0n) is 12.5. The second-order valence-corrected chi connectivity index (χ2v) is 5.89. The summed E-state index contributed by atoms with van der Waals surface area (Å²) in [6.45, 7) is 2.50. The minimum atomic E-state index is -0.440. The third kappa shape index (κ3) is 3.47. The van der Waals surface area contributed by atoms with E-state index >= 15 is 0 Å². The largest absolute Gasteiger partial charge is 0.453 e. The fraction of sp³-hybridized carbons (Fsp3) is 0.562. The average molecular weight is 289 g/mol. The summed E-state index contributed by atoms with van der Waals surface area (Å²) in [6, 6.07) is 9.13. The Kier molecular flexibility index (Phi) is 4.29. The normalized spacial score (nSPS) is 25.2. The minimum absolute atomic E-state index is 0.440. The van der Waals surface area contributed by atoms with Gasteiger partial charge in [0.15, 0.2) is 0 Å². The average Bonchev–Trinajstić information content (AvgIpc) is 2.96. The van der Waals surface area contributed by atoms with E-state index in [2.05, 4.69) is 20.3 Å². The summed E-state index contributed by atoms with van der Waals surface area (Å²) >= 11 is 0. The molecule has 21 heavy (non-hydrogen) atoms. The van der Waals surface area contributed by atoms with Crippen molar-refractivity contribution >= 4 is 17.5 Å². The van der Waals surface area contributed by atoms with Gasteiger partial charge in [0.2, 0.25) is 0 Å². The van der Waals surface area contributed by atoms with E-state index in [-0.39, 0.29) is 0 Å². The fourth-order valence-electron chi connectivity index (χ4n) is 3.41. The van der Waals surface area contributed by atoms with Crippen LogP contribution in [-0.4, -0.2) is 43.3 Å². The number of piperidine rings is 1. The van der Waals surface area contributed by atoms with Crippen molar-refractivity contribution in [3.05, 3.63) is 24.3 Å². The SMILES string of the molecule is COC(=O)Nc1ccc(NC2CCN3CCCC3C2)cc1. The molecule has 2 fully saturated rings. The lowest BCUT2D eigenvalue weighted by atomic mass is 9.97. The molecule has 1 aromatic rings. The summed E-state index contributed by atoms with van der Waals surface area (Å²) in [5.41, 5.74) is 1.86. The summed E-state index contributed by atoms with van der Waals surface area (Å²) < 4.78 is 4.58. The Morgan fingerprint density at radius 2 is 1.95 bits per heavy atom. The number of nitrogens with zero attached hydrogens (tertiary/aromatic N) is 1. The van der Waals surface area contributed by atoms with Gasteiger partial charge in [0.1, 0.15) is 0 Å². The molecule has 5 nitrogen and oxygen atoms in total. The first kappa shape index (κ1) is 14.2. The fourth-order valence-corrected chi connectivity index (χ4v) is 3.41. The van der Waals surface area contributed by atoms with Crippen molar-refractivity contribution in [1.82, 2.24) is 4.90 Å². The van der Waals surface area contributed by atoms with Crippen LogP contribution in [0.4, 0.5) is 16.2 Å². The van der Waals surface area contributed by atoms with Gasteiger partial charge in [0, 0.05) is 30.0 Å². The predicted octanol–water partition coefficient (Wildman–Crippen LogP) is 2.90. The minimum Gasteiger partial charge on any atom is -0.453 e. The predicted molar refractivity (Wildman–Crippen MR) is 83.7 cm³/mol. The molecule has 0 aliphatic carbocycles. The zero-order valence-corrected chi connectivity index (χ0v) is 12.5. The second kappa shape index (κ2) is 6.35. The van der Waals surface area contributed by atoms with Gasteiger partial charge in [-0.15, -0.1) is 0 Å². The van der Waals surface area contributed by atoms with Gasteiger partial charge in [-0.1, -0.05) is 0 Å². The van der Waals surface area contributed by atoms with E-state index in [0.717, 1.165) is 17.4 Å². The first-order chi connectivity index (χ1) is 10.2. The Morgan fingerprint density at radius 3 is 2.71 bits per heavy atom. The number of anilines is 2. The van der Waals surface area contributed by atoms with E-state index in [9.17, 15) is 4.79 Å². The molecule has 5 heteroatoms. The first-order valence-electron chi connectivity index (χ1n) is 7.70. The molecule has 2 atom stereocenters. The number of methoxy groups -OCH3 is 1. The van der Waals surface area contributed by atoms with Crippen molar-refractivity contribution in [2.45, 2.75) is 37.8 Å². The number of carbonyl (C=O) groups is 1. The molecule has 1 aromatic carbocycles. The van der Waals surface area contributed by atoms with Crippen LogP contribution in [0.5, 0.6) is 0 Å². The number of rotatable bonds is 3. The molecule has 1 amide bonds. The van der Waals surface area contributed by atoms with Crippen molar-refractivity contribution < 1.29 is 9.53 Å². The quantitative estimate of drug-likeness (QED) is 0.898. The standard InChI is InChI=1S/C16H23N3O2/c1-21-16(20)18-13-6-4-12(5-7-13)17-14-8-10-19-9-2-3-15(19)11-14/h4-7,14-15,17H,2-3,8-11H2,1H3,(H,18,20). The number of ether oxygens (including phenoxy) is 1. The highest BCUT2D eigenvalue weighted by atomic mass is 16.5. The van der Waals surface area contributed by atoms with E-state index in [1.807, 2.05) is 24.3 Å². The zero-order chi connectivity index (χ0) is 14.7. The van der Waals surface area contributed by atoms with Crippen LogP contribution in [0.2, 0.25) is 0 Å². The molecule has 114 valence electrons. The molecule has 0 radical (unpaired) electrons. The lowest BCUT2D eigenvalue weighted by Crippen LogP contribution is -2.42. The number of nitrogens with one attached hydrogen (secondary N) is 2. The number of fused-ring (bicyclic) bond motifs is 1. The van der Waals surface area contributed by atoms with E-state index in [0.29, 0.717) is 6.04 Å². The number of benzene rings is 1. The molecule has 0 saturated carbocycles. The van der Waals surface area contributed by atoms with E-state index in [4.69, 9.17) is 0 Å².